The van der Waals surface area contributed by atoms with E-state index in [1.165, 1.54) is 22.0 Å². The van der Waals surface area contributed by atoms with E-state index in [0.717, 1.165) is 58.5 Å². The van der Waals surface area contributed by atoms with Crippen molar-refractivity contribution in [2.45, 2.75) is 64.0 Å². The SMILES string of the molecule is Cc1nc(CCCN[C@@H]2CCOC3(CCOCC3)C2)sc1C. The smallest absolute Gasteiger partial charge is 0.0931 e. The first-order valence-electron chi connectivity index (χ1n) is 8.55. The summed E-state index contributed by atoms with van der Waals surface area (Å²) in [6.07, 6.45) is 6.66. The number of hydrogen-bond acceptors (Lipinski definition) is 5. The third kappa shape index (κ3) is 4.07. The summed E-state index contributed by atoms with van der Waals surface area (Å²) < 4.78 is 11.6. The van der Waals surface area contributed by atoms with Gasteiger partial charge >= 0.3 is 0 Å². The molecule has 2 aliphatic rings. The van der Waals surface area contributed by atoms with Gasteiger partial charge in [-0.2, -0.15) is 0 Å². The van der Waals surface area contributed by atoms with Gasteiger partial charge in [0.1, 0.15) is 0 Å². The first-order chi connectivity index (χ1) is 10.7. The van der Waals surface area contributed by atoms with E-state index in [1.54, 1.807) is 0 Å². The van der Waals surface area contributed by atoms with Crippen molar-refractivity contribution in [2.75, 3.05) is 26.4 Å². The van der Waals surface area contributed by atoms with Crippen molar-refractivity contribution in [1.29, 1.82) is 0 Å². The van der Waals surface area contributed by atoms with Crippen LogP contribution in [0.3, 0.4) is 0 Å². The summed E-state index contributed by atoms with van der Waals surface area (Å²) in [7, 11) is 0. The molecule has 2 saturated heterocycles. The Hall–Kier alpha value is -0.490. The number of thiazole rings is 1. The molecule has 124 valence electrons. The standard InChI is InChI=1S/C17H28N2O2S/c1-13-14(2)22-16(19-13)4-3-8-18-15-5-9-21-17(12-15)6-10-20-11-7-17/h15,18H,3-12H2,1-2H3/t15-/m1/s1. The molecule has 0 unspecified atom stereocenters. The van der Waals surface area contributed by atoms with Crippen LogP contribution in [0.15, 0.2) is 0 Å². The molecule has 1 aromatic heterocycles. The van der Waals surface area contributed by atoms with Crippen molar-refractivity contribution in [3.05, 3.63) is 15.6 Å². The zero-order valence-electron chi connectivity index (χ0n) is 13.8. The lowest BCUT2D eigenvalue weighted by Gasteiger charge is -2.43. The van der Waals surface area contributed by atoms with E-state index in [0.29, 0.717) is 6.04 Å². The lowest BCUT2D eigenvalue weighted by Crippen LogP contribution is -2.50. The minimum Gasteiger partial charge on any atom is -0.381 e. The number of nitrogens with zero attached hydrogens (tertiary/aromatic N) is 1. The number of nitrogens with one attached hydrogen (secondary N) is 1. The fourth-order valence-electron chi connectivity index (χ4n) is 3.49. The monoisotopic (exact) mass is 324 g/mol. The number of aromatic nitrogens is 1. The van der Waals surface area contributed by atoms with E-state index < -0.39 is 0 Å². The van der Waals surface area contributed by atoms with Crippen LogP contribution in [0, 0.1) is 13.8 Å². The van der Waals surface area contributed by atoms with Crippen molar-refractivity contribution < 1.29 is 9.47 Å². The maximum Gasteiger partial charge on any atom is 0.0931 e. The average Bonchev–Trinajstić information content (AvgIpc) is 2.83. The molecular weight excluding hydrogens is 296 g/mol. The topological polar surface area (TPSA) is 43.4 Å². The van der Waals surface area contributed by atoms with Crippen molar-refractivity contribution in [1.82, 2.24) is 10.3 Å². The van der Waals surface area contributed by atoms with Crippen molar-refractivity contribution in [2.24, 2.45) is 0 Å². The number of rotatable bonds is 5. The van der Waals surface area contributed by atoms with E-state index in [1.807, 2.05) is 11.3 Å². The molecule has 3 heterocycles. The summed E-state index contributed by atoms with van der Waals surface area (Å²) in [5, 5.41) is 5.02. The van der Waals surface area contributed by atoms with Crippen LogP contribution < -0.4 is 5.32 Å². The second-order valence-corrected chi connectivity index (χ2v) is 7.93. The van der Waals surface area contributed by atoms with Crippen molar-refractivity contribution in [3.8, 4) is 0 Å². The van der Waals surface area contributed by atoms with Crippen LogP contribution in [0.2, 0.25) is 0 Å². The van der Waals surface area contributed by atoms with Gasteiger partial charge in [0, 0.05) is 37.2 Å². The zero-order chi connectivity index (χ0) is 15.4. The summed E-state index contributed by atoms with van der Waals surface area (Å²) in [5.74, 6) is 0. The first-order valence-corrected chi connectivity index (χ1v) is 9.37. The van der Waals surface area contributed by atoms with Gasteiger partial charge in [-0.1, -0.05) is 0 Å². The molecular formula is C17H28N2O2S. The average molecular weight is 324 g/mol. The maximum absolute atomic E-state index is 6.10. The number of aryl methyl sites for hydroxylation is 3. The predicted molar refractivity (Wildman–Crippen MR) is 89.7 cm³/mol. The molecule has 0 amide bonds. The highest BCUT2D eigenvalue weighted by Gasteiger charge is 2.38. The number of ether oxygens (including phenoxy) is 2. The zero-order valence-corrected chi connectivity index (χ0v) is 14.6. The third-order valence-corrected chi connectivity index (χ3v) is 6.10. The Morgan fingerprint density at radius 3 is 2.82 bits per heavy atom. The van der Waals surface area contributed by atoms with E-state index in [9.17, 15) is 0 Å². The Kier molecular flexibility index (Phi) is 5.50. The fourth-order valence-corrected chi connectivity index (χ4v) is 4.46. The van der Waals surface area contributed by atoms with Gasteiger partial charge in [-0.3, -0.25) is 0 Å². The summed E-state index contributed by atoms with van der Waals surface area (Å²) in [5.41, 5.74) is 1.29. The Balaban J connectivity index is 1.39. The molecule has 1 spiro atoms. The molecule has 5 heteroatoms. The van der Waals surface area contributed by atoms with Crippen LogP contribution in [-0.4, -0.2) is 43.0 Å². The second-order valence-electron chi connectivity index (χ2n) is 6.64. The molecule has 0 bridgehead atoms. The van der Waals surface area contributed by atoms with E-state index in [-0.39, 0.29) is 5.60 Å². The van der Waals surface area contributed by atoms with Gasteiger partial charge in [-0.15, -0.1) is 11.3 Å². The predicted octanol–water partition coefficient (Wildman–Crippen LogP) is 3.01. The second kappa shape index (κ2) is 7.39. The minimum absolute atomic E-state index is 0.0949. The summed E-state index contributed by atoms with van der Waals surface area (Å²) in [4.78, 5) is 5.98. The molecule has 22 heavy (non-hydrogen) atoms. The highest BCUT2D eigenvalue weighted by molar-refractivity contribution is 7.11. The quantitative estimate of drug-likeness (QED) is 0.846. The van der Waals surface area contributed by atoms with E-state index >= 15 is 0 Å². The Morgan fingerprint density at radius 1 is 1.27 bits per heavy atom. The Bertz CT molecular complexity index is 458. The van der Waals surface area contributed by atoms with E-state index in [2.05, 4.69) is 24.1 Å². The molecule has 1 aromatic rings. The van der Waals surface area contributed by atoms with Gasteiger partial charge in [-0.25, -0.2) is 4.98 Å². The highest BCUT2D eigenvalue weighted by Crippen LogP contribution is 2.34. The minimum atomic E-state index is 0.0949. The van der Waals surface area contributed by atoms with Crippen molar-refractivity contribution in [3.63, 3.8) is 0 Å². The molecule has 3 rings (SSSR count). The Morgan fingerprint density at radius 2 is 2.09 bits per heavy atom. The molecule has 0 aromatic carbocycles. The normalized spacial score (nSPS) is 24.7. The highest BCUT2D eigenvalue weighted by atomic mass is 32.1. The third-order valence-electron chi connectivity index (χ3n) is 4.97. The van der Waals surface area contributed by atoms with Gasteiger partial charge in [0.15, 0.2) is 0 Å². The van der Waals surface area contributed by atoms with Crippen LogP contribution in [0.1, 0.15) is 47.7 Å². The molecule has 0 saturated carbocycles. The van der Waals surface area contributed by atoms with Crippen LogP contribution in [0.4, 0.5) is 0 Å². The summed E-state index contributed by atoms with van der Waals surface area (Å²) in [6, 6.07) is 0.603. The molecule has 0 aliphatic carbocycles. The van der Waals surface area contributed by atoms with Crippen LogP contribution in [0.25, 0.3) is 0 Å². The lowest BCUT2D eigenvalue weighted by atomic mass is 9.84. The Labute approximate surface area is 137 Å². The van der Waals surface area contributed by atoms with E-state index in [4.69, 9.17) is 9.47 Å². The molecule has 1 atom stereocenters. The van der Waals surface area contributed by atoms with Gasteiger partial charge in [0.25, 0.3) is 0 Å². The fraction of sp³-hybridized carbons (Fsp3) is 0.824. The van der Waals surface area contributed by atoms with Crippen molar-refractivity contribution >= 4 is 11.3 Å². The molecule has 1 N–H and O–H groups in total. The van der Waals surface area contributed by atoms with Crippen LogP contribution in [-0.2, 0) is 15.9 Å². The first kappa shape index (κ1) is 16.4. The van der Waals surface area contributed by atoms with Crippen LogP contribution in [0.5, 0.6) is 0 Å². The molecule has 2 aliphatic heterocycles. The largest absolute Gasteiger partial charge is 0.381 e. The van der Waals surface area contributed by atoms with Gasteiger partial charge in [-0.05, 0) is 52.5 Å². The molecule has 4 nitrogen and oxygen atoms in total. The lowest BCUT2D eigenvalue weighted by molar-refractivity contribution is -0.140. The van der Waals surface area contributed by atoms with Crippen LogP contribution >= 0.6 is 11.3 Å². The molecule has 0 radical (unpaired) electrons. The summed E-state index contributed by atoms with van der Waals surface area (Å²) in [6.45, 7) is 7.94. The summed E-state index contributed by atoms with van der Waals surface area (Å²) >= 11 is 1.85. The van der Waals surface area contributed by atoms with Gasteiger partial charge < -0.3 is 14.8 Å². The van der Waals surface area contributed by atoms with Gasteiger partial charge in [0.05, 0.1) is 16.3 Å². The number of hydrogen-bond donors (Lipinski definition) is 1. The molecule has 2 fully saturated rings. The van der Waals surface area contributed by atoms with Gasteiger partial charge in [0.2, 0.25) is 0 Å². The maximum atomic E-state index is 6.10.